The van der Waals surface area contributed by atoms with Crippen LogP contribution in [0.5, 0.6) is 0 Å². The molecule has 0 bridgehead atoms. The normalized spacial score (nSPS) is 13.1. The van der Waals surface area contributed by atoms with E-state index in [1.54, 1.807) is 16.6 Å². The van der Waals surface area contributed by atoms with Crippen LogP contribution in [0.3, 0.4) is 0 Å². The molecule has 1 aromatic carbocycles. The number of hydrogen-bond donors (Lipinski definition) is 1. The lowest BCUT2D eigenvalue weighted by Gasteiger charge is -1.98. The summed E-state index contributed by atoms with van der Waals surface area (Å²) in [4.78, 5) is 0.682. The van der Waals surface area contributed by atoms with Gasteiger partial charge in [0.2, 0.25) is 4.96 Å². The molecule has 0 amide bonds. The molecular formula is C11H10FN5S. The van der Waals surface area contributed by atoms with E-state index >= 15 is 0 Å². The largest absolute Gasteiger partial charge is 0.322 e. The maximum absolute atomic E-state index is 12.9. The van der Waals surface area contributed by atoms with Gasteiger partial charge in [0.05, 0.1) is 6.04 Å². The van der Waals surface area contributed by atoms with Gasteiger partial charge in [-0.3, -0.25) is 0 Å². The Morgan fingerprint density at radius 2 is 2.00 bits per heavy atom. The van der Waals surface area contributed by atoms with E-state index in [4.69, 9.17) is 5.73 Å². The molecule has 3 rings (SSSR count). The summed E-state index contributed by atoms with van der Waals surface area (Å²) in [6.07, 6.45) is 0. The molecule has 2 N–H and O–H groups in total. The van der Waals surface area contributed by atoms with Crippen LogP contribution in [0, 0.1) is 5.82 Å². The third-order valence-corrected chi connectivity index (χ3v) is 3.60. The molecule has 1 unspecified atom stereocenters. The van der Waals surface area contributed by atoms with Crippen LogP contribution in [0.1, 0.15) is 18.0 Å². The second-order valence-electron chi connectivity index (χ2n) is 3.95. The van der Waals surface area contributed by atoms with E-state index < -0.39 is 0 Å². The van der Waals surface area contributed by atoms with Crippen molar-refractivity contribution in [1.82, 2.24) is 19.8 Å². The van der Waals surface area contributed by atoms with Gasteiger partial charge in [-0.05, 0) is 31.2 Å². The fourth-order valence-corrected chi connectivity index (χ4v) is 2.39. The van der Waals surface area contributed by atoms with E-state index in [1.165, 1.54) is 23.5 Å². The summed E-state index contributed by atoms with van der Waals surface area (Å²) in [5, 5.41) is 13.3. The molecule has 0 aliphatic carbocycles. The SMILES string of the molecule is CC(N)c1nn2c(-c3ccc(F)cc3)nnc2s1. The van der Waals surface area contributed by atoms with Crippen LogP contribution < -0.4 is 5.73 Å². The summed E-state index contributed by atoms with van der Waals surface area (Å²) in [5.41, 5.74) is 6.55. The lowest BCUT2D eigenvalue weighted by molar-refractivity contribution is 0.628. The Kier molecular flexibility index (Phi) is 2.57. The predicted octanol–water partition coefficient (Wildman–Crippen LogP) is 2.01. The third kappa shape index (κ3) is 1.77. The number of hydrogen-bond acceptors (Lipinski definition) is 5. The standard InChI is InChI=1S/C11H10FN5S/c1-6(13)10-16-17-9(14-15-11(17)18-10)7-2-4-8(12)5-3-7/h2-6H,13H2,1H3. The fourth-order valence-electron chi connectivity index (χ4n) is 1.59. The Hall–Kier alpha value is -1.86. The Labute approximate surface area is 106 Å². The molecule has 2 heterocycles. The van der Waals surface area contributed by atoms with E-state index in [0.29, 0.717) is 10.8 Å². The molecule has 0 fully saturated rings. The molecule has 92 valence electrons. The molecule has 0 saturated carbocycles. The van der Waals surface area contributed by atoms with E-state index in [-0.39, 0.29) is 11.9 Å². The number of benzene rings is 1. The number of nitrogens with two attached hydrogens (primary N) is 1. The van der Waals surface area contributed by atoms with Crippen molar-refractivity contribution >= 4 is 16.3 Å². The van der Waals surface area contributed by atoms with E-state index in [2.05, 4.69) is 15.3 Å². The summed E-state index contributed by atoms with van der Waals surface area (Å²) in [6, 6.07) is 5.93. The smallest absolute Gasteiger partial charge is 0.235 e. The Bertz CT molecular complexity index is 685. The summed E-state index contributed by atoms with van der Waals surface area (Å²) in [6.45, 7) is 1.86. The highest BCUT2D eigenvalue weighted by Crippen LogP contribution is 2.23. The first kappa shape index (κ1) is 11.2. The second-order valence-corrected chi connectivity index (χ2v) is 4.94. The van der Waals surface area contributed by atoms with Gasteiger partial charge >= 0.3 is 0 Å². The van der Waals surface area contributed by atoms with Crippen molar-refractivity contribution in [1.29, 1.82) is 0 Å². The number of fused-ring (bicyclic) bond motifs is 1. The van der Waals surface area contributed by atoms with E-state index in [0.717, 1.165) is 10.6 Å². The van der Waals surface area contributed by atoms with Crippen LogP contribution >= 0.6 is 11.3 Å². The number of halogens is 1. The zero-order valence-corrected chi connectivity index (χ0v) is 10.4. The van der Waals surface area contributed by atoms with Crippen molar-refractivity contribution in [2.75, 3.05) is 0 Å². The Morgan fingerprint density at radius 1 is 1.28 bits per heavy atom. The van der Waals surface area contributed by atoms with Crippen molar-refractivity contribution in [2.24, 2.45) is 5.73 Å². The molecule has 5 nitrogen and oxygen atoms in total. The van der Waals surface area contributed by atoms with Gasteiger partial charge in [-0.15, -0.1) is 10.2 Å². The van der Waals surface area contributed by atoms with Gasteiger partial charge in [0.1, 0.15) is 10.8 Å². The van der Waals surface area contributed by atoms with Gasteiger partial charge in [0, 0.05) is 5.56 Å². The van der Waals surface area contributed by atoms with Crippen molar-refractivity contribution in [3.63, 3.8) is 0 Å². The number of nitrogens with zero attached hydrogens (tertiary/aromatic N) is 4. The molecule has 1 atom stereocenters. The van der Waals surface area contributed by atoms with Crippen LogP contribution in [0.15, 0.2) is 24.3 Å². The zero-order valence-electron chi connectivity index (χ0n) is 9.54. The lowest BCUT2D eigenvalue weighted by Crippen LogP contribution is -2.05. The molecule has 18 heavy (non-hydrogen) atoms. The van der Waals surface area contributed by atoms with Crippen LogP contribution in [-0.2, 0) is 0 Å². The summed E-state index contributed by atoms with van der Waals surface area (Å²) >= 11 is 1.40. The minimum absolute atomic E-state index is 0.141. The van der Waals surface area contributed by atoms with Crippen LogP contribution in [-0.4, -0.2) is 19.8 Å². The minimum Gasteiger partial charge on any atom is -0.322 e. The first-order chi connectivity index (χ1) is 8.65. The van der Waals surface area contributed by atoms with Crippen LogP contribution in [0.4, 0.5) is 4.39 Å². The van der Waals surface area contributed by atoms with Crippen LogP contribution in [0.25, 0.3) is 16.3 Å². The number of aromatic nitrogens is 4. The Morgan fingerprint density at radius 3 is 2.67 bits per heavy atom. The van der Waals surface area contributed by atoms with Crippen LogP contribution in [0.2, 0.25) is 0 Å². The highest BCUT2D eigenvalue weighted by molar-refractivity contribution is 7.16. The summed E-state index contributed by atoms with van der Waals surface area (Å²) < 4.78 is 14.5. The van der Waals surface area contributed by atoms with E-state index in [9.17, 15) is 4.39 Å². The second kappa shape index (κ2) is 4.11. The maximum Gasteiger partial charge on any atom is 0.235 e. The first-order valence-corrected chi connectivity index (χ1v) is 6.20. The molecule has 3 aromatic rings. The number of rotatable bonds is 2. The van der Waals surface area contributed by atoms with Gasteiger partial charge in [-0.25, -0.2) is 4.39 Å². The molecular weight excluding hydrogens is 253 g/mol. The molecule has 0 radical (unpaired) electrons. The summed E-state index contributed by atoms with van der Waals surface area (Å²) in [5.74, 6) is 0.308. The first-order valence-electron chi connectivity index (χ1n) is 5.39. The average Bonchev–Trinajstić information content (AvgIpc) is 2.89. The zero-order chi connectivity index (χ0) is 12.7. The molecule has 0 saturated heterocycles. The molecule has 0 aliphatic heterocycles. The van der Waals surface area contributed by atoms with Gasteiger partial charge < -0.3 is 5.73 Å². The highest BCUT2D eigenvalue weighted by Gasteiger charge is 2.14. The summed E-state index contributed by atoms with van der Waals surface area (Å²) in [7, 11) is 0. The van der Waals surface area contributed by atoms with Crippen molar-refractivity contribution in [2.45, 2.75) is 13.0 Å². The molecule has 0 spiro atoms. The minimum atomic E-state index is -0.283. The van der Waals surface area contributed by atoms with Crippen molar-refractivity contribution in [3.05, 3.63) is 35.1 Å². The molecule has 2 aromatic heterocycles. The third-order valence-electron chi connectivity index (χ3n) is 2.50. The lowest BCUT2D eigenvalue weighted by atomic mass is 10.2. The average molecular weight is 263 g/mol. The topological polar surface area (TPSA) is 69.1 Å². The van der Waals surface area contributed by atoms with E-state index in [1.807, 2.05) is 6.92 Å². The fraction of sp³-hybridized carbons (Fsp3) is 0.182. The van der Waals surface area contributed by atoms with Gasteiger partial charge in [0.15, 0.2) is 5.82 Å². The molecule has 0 aliphatic rings. The van der Waals surface area contributed by atoms with Gasteiger partial charge in [-0.2, -0.15) is 9.61 Å². The van der Waals surface area contributed by atoms with Crippen molar-refractivity contribution < 1.29 is 4.39 Å². The molecule has 7 heteroatoms. The maximum atomic E-state index is 12.9. The quantitative estimate of drug-likeness (QED) is 0.768. The predicted molar refractivity (Wildman–Crippen MR) is 66.7 cm³/mol. The Balaban J connectivity index is 2.14. The van der Waals surface area contributed by atoms with Gasteiger partial charge in [0.25, 0.3) is 0 Å². The van der Waals surface area contributed by atoms with Gasteiger partial charge in [-0.1, -0.05) is 11.3 Å². The van der Waals surface area contributed by atoms with Crippen molar-refractivity contribution in [3.8, 4) is 11.4 Å². The highest BCUT2D eigenvalue weighted by atomic mass is 32.1. The monoisotopic (exact) mass is 263 g/mol.